The van der Waals surface area contributed by atoms with E-state index in [2.05, 4.69) is 17.1 Å². The summed E-state index contributed by atoms with van der Waals surface area (Å²) >= 11 is 0. The molecule has 0 aromatic heterocycles. The molecule has 0 aromatic rings. The molecule has 0 spiro atoms. The van der Waals surface area contributed by atoms with Crippen LogP contribution in [0, 0.1) is 5.41 Å². The molecule has 1 aliphatic heterocycles. The minimum Gasteiger partial charge on any atom is -0.341 e. The molecule has 1 amide bonds. The fraction of sp³-hybridized carbons (Fsp3) is 0.917. The predicted molar refractivity (Wildman–Crippen MR) is 60.6 cm³/mol. The van der Waals surface area contributed by atoms with Crippen LogP contribution in [0.4, 0.5) is 0 Å². The molecule has 1 atom stereocenters. The highest BCUT2D eigenvalue weighted by molar-refractivity contribution is 5.82. The van der Waals surface area contributed by atoms with Crippen LogP contribution < -0.4 is 5.32 Å². The molecule has 0 radical (unpaired) electrons. The van der Waals surface area contributed by atoms with Gasteiger partial charge in [-0.15, -0.1) is 0 Å². The molecular weight excluding hydrogens is 188 g/mol. The maximum atomic E-state index is 12.0. The number of carbonyl (C=O) groups is 1. The van der Waals surface area contributed by atoms with E-state index in [1.807, 2.05) is 7.05 Å². The zero-order valence-electron chi connectivity index (χ0n) is 9.88. The summed E-state index contributed by atoms with van der Waals surface area (Å²) in [5, 5.41) is 3.12. The molecular formula is C12H22N2O. The second-order valence-corrected chi connectivity index (χ2v) is 5.10. The number of carbonyl (C=O) groups excluding carboxylic acids is 1. The van der Waals surface area contributed by atoms with E-state index in [1.54, 1.807) is 0 Å². The third kappa shape index (κ3) is 2.17. The number of nitrogens with one attached hydrogen (secondary N) is 1. The average molecular weight is 210 g/mol. The molecule has 3 nitrogen and oxygen atoms in total. The maximum Gasteiger partial charge on any atom is 0.239 e. The minimum atomic E-state index is 0.0754. The number of amides is 1. The van der Waals surface area contributed by atoms with Crippen LogP contribution in [0.5, 0.6) is 0 Å². The molecule has 1 saturated heterocycles. The van der Waals surface area contributed by atoms with Crippen LogP contribution in [0.15, 0.2) is 0 Å². The first kappa shape index (κ1) is 10.9. The quantitative estimate of drug-likeness (QED) is 0.760. The molecule has 2 fully saturated rings. The zero-order chi connectivity index (χ0) is 10.9. The third-order valence-electron chi connectivity index (χ3n) is 4.11. The van der Waals surface area contributed by atoms with Crippen LogP contribution in [0.1, 0.15) is 39.0 Å². The van der Waals surface area contributed by atoms with E-state index in [9.17, 15) is 4.79 Å². The lowest BCUT2D eigenvalue weighted by Gasteiger charge is -2.34. The van der Waals surface area contributed by atoms with Gasteiger partial charge in [-0.3, -0.25) is 4.79 Å². The highest BCUT2D eigenvalue weighted by Crippen LogP contribution is 2.49. The molecule has 2 aliphatic rings. The lowest BCUT2D eigenvalue weighted by molar-refractivity contribution is -0.136. The minimum absolute atomic E-state index is 0.0754. The average Bonchev–Trinajstić information content (AvgIpc) is 3.02. The lowest BCUT2D eigenvalue weighted by atomic mass is 9.99. The van der Waals surface area contributed by atoms with Gasteiger partial charge in [0.2, 0.25) is 5.91 Å². The second-order valence-electron chi connectivity index (χ2n) is 5.10. The van der Waals surface area contributed by atoms with Crippen LogP contribution >= 0.6 is 0 Å². The van der Waals surface area contributed by atoms with Gasteiger partial charge in [0, 0.05) is 13.1 Å². The number of likely N-dealkylation sites (tertiary alicyclic amines) is 1. The van der Waals surface area contributed by atoms with Gasteiger partial charge in [0.05, 0.1) is 6.04 Å². The first-order chi connectivity index (χ1) is 7.21. The van der Waals surface area contributed by atoms with E-state index in [0.29, 0.717) is 11.3 Å². The Hall–Kier alpha value is -0.570. The first-order valence-corrected chi connectivity index (χ1v) is 6.17. The fourth-order valence-corrected chi connectivity index (χ4v) is 2.57. The van der Waals surface area contributed by atoms with E-state index in [4.69, 9.17) is 0 Å². The summed E-state index contributed by atoms with van der Waals surface area (Å²) in [6.45, 7) is 4.22. The molecule has 2 rings (SSSR count). The molecule has 1 heterocycles. The molecule has 3 heteroatoms. The van der Waals surface area contributed by atoms with Crippen molar-refractivity contribution in [3.05, 3.63) is 0 Å². The molecule has 0 aromatic carbocycles. The second kappa shape index (κ2) is 4.12. The van der Waals surface area contributed by atoms with Crippen molar-refractivity contribution in [3.63, 3.8) is 0 Å². The van der Waals surface area contributed by atoms with E-state index in [-0.39, 0.29) is 6.04 Å². The summed E-state index contributed by atoms with van der Waals surface area (Å²) in [4.78, 5) is 14.1. The molecule has 1 saturated carbocycles. The summed E-state index contributed by atoms with van der Waals surface area (Å²) in [5.74, 6) is 0.323. The summed E-state index contributed by atoms with van der Waals surface area (Å²) in [5.41, 5.74) is 0.491. The van der Waals surface area contributed by atoms with Gasteiger partial charge >= 0.3 is 0 Å². The van der Waals surface area contributed by atoms with Crippen molar-refractivity contribution in [1.82, 2.24) is 10.2 Å². The first-order valence-electron chi connectivity index (χ1n) is 6.17. The van der Waals surface area contributed by atoms with Crippen LogP contribution in [0.25, 0.3) is 0 Å². The van der Waals surface area contributed by atoms with Gasteiger partial charge in [0.25, 0.3) is 0 Å². The Kier molecular flexibility index (Phi) is 3.01. The van der Waals surface area contributed by atoms with E-state index in [0.717, 1.165) is 25.9 Å². The normalized spacial score (nSPS) is 29.3. The SMILES string of the molecule is CCC1(CN2CCCC(NC)C2=O)CC1. The Labute approximate surface area is 92.2 Å². The Morgan fingerprint density at radius 2 is 2.27 bits per heavy atom. The summed E-state index contributed by atoms with van der Waals surface area (Å²) in [6, 6.07) is 0.0754. The molecule has 1 N–H and O–H groups in total. The topological polar surface area (TPSA) is 32.3 Å². The van der Waals surface area contributed by atoms with Crippen LogP contribution in [-0.2, 0) is 4.79 Å². The Balaban J connectivity index is 1.94. The highest BCUT2D eigenvalue weighted by atomic mass is 16.2. The van der Waals surface area contributed by atoms with E-state index < -0.39 is 0 Å². The predicted octanol–water partition coefficient (Wildman–Crippen LogP) is 1.39. The molecule has 1 unspecified atom stereocenters. The number of nitrogens with zero attached hydrogens (tertiary/aromatic N) is 1. The number of hydrogen-bond acceptors (Lipinski definition) is 2. The smallest absolute Gasteiger partial charge is 0.239 e. The van der Waals surface area contributed by atoms with Gasteiger partial charge in [0.1, 0.15) is 0 Å². The van der Waals surface area contributed by atoms with Crippen molar-refractivity contribution >= 4 is 5.91 Å². The summed E-state index contributed by atoms with van der Waals surface area (Å²) in [7, 11) is 1.89. The number of rotatable bonds is 4. The summed E-state index contributed by atoms with van der Waals surface area (Å²) < 4.78 is 0. The van der Waals surface area contributed by atoms with Gasteiger partial charge in [-0.05, 0) is 44.6 Å². The van der Waals surface area contributed by atoms with Gasteiger partial charge in [0.15, 0.2) is 0 Å². The Morgan fingerprint density at radius 3 is 2.80 bits per heavy atom. The standard InChI is InChI=1S/C12H22N2O/c1-3-12(6-7-12)9-14-8-4-5-10(13-2)11(14)15/h10,13H,3-9H2,1-2H3. The van der Waals surface area contributed by atoms with Crippen LogP contribution in [-0.4, -0.2) is 37.0 Å². The monoisotopic (exact) mass is 210 g/mol. The molecule has 0 bridgehead atoms. The molecule has 86 valence electrons. The number of hydrogen-bond donors (Lipinski definition) is 1. The van der Waals surface area contributed by atoms with Crippen LogP contribution in [0.3, 0.4) is 0 Å². The third-order valence-corrected chi connectivity index (χ3v) is 4.11. The molecule has 1 aliphatic carbocycles. The largest absolute Gasteiger partial charge is 0.341 e. The van der Waals surface area contributed by atoms with Crippen molar-refractivity contribution in [2.75, 3.05) is 20.1 Å². The molecule has 15 heavy (non-hydrogen) atoms. The lowest BCUT2D eigenvalue weighted by Crippen LogP contribution is -2.51. The fourth-order valence-electron chi connectivity index (χ4n) is 2.57. The van der Waals surface area contributed by atoms with Crippen LogP contribution in [0.2, 0.25) is 0 Å². The van der Waals surface area contributed by atoms with Crippen molar-refractivity contribution in [1.29, 1.82) is 0 Å². The number of likely N-dealkylation sites (N-methyl/N-ethyl adjacent to an activating group) is 1. The Bertz CT molecular complexity index is 248. The van der Waals surface area contributed by atoms with Gasteiger partial charge in [-0.2, -0.15) is 0 Å². The van der Waals surface area contributed by atoms with Crippen molar-refractivity contribution in [2.45, 2.75) is 45.1 Å². The summed E-state index contributed by atoms with van der Waals surface area (Å²) in [6.07, 6.45) is 6.01. The van der Waals surface area contributed by atoms with Gasteiger partial charge < -0.3 is 10.2 Å². The van der Waals surface area contributed by atoms with E-state index >= 15 is 0 Å². The van der Waals surface area contributed by atoms with Crippen molar-refractivity contribution in [2.24, 2.45) is 5.41 Å². The Morgan fingerprint density at radius 1 is 1.53 bits per heavy atom. The van der Waals surface area contributed by atoms with Crippen molar-refractivity contribution in [3.8, 4) is 0 Å². The van der Waals surface area contributed by atoms with E-state index in [1.165, 1.54) is 19.3 Å². The van der Waals surface area contributed by atoms with Gasteiger partial charge in [-0.1, -0.05) is 6.92 Å². The maximum absolute atomic E-state index is 12.0. The number of piperidine rings is 1. The van der Waals surface area contributed by atoms with Gasteiger partial charge in [-0.25, -0.2) is 0 Å². The zero-order valence-corrected chi connectivity index (χ0v) is 9.88. The van der Waals surface area contributed by atoms with Crippen molar-refractivity contribution < 1.29 is 4.79 Å². The highest BCUT2D eigenvalue weighted by Gasteiger charge is 2.44.